The van der Waals surface area contributed by atoms with Gasteiger partial charge in [0.2, 0.25) is 0 Å². The van der Waals surface area contributed by atoms with Crippen LogP contribution in [0, 0.1) is 30.1 Å². The Morgan fingerprint density at radius 2 is 2.13 bits per heavy atom. The first-order valence-corrected chi connectivity index (χ1v) is 11.0. The van der Waals surface area contributed by atoms with E-state index >= 15 is 0 Å². The molecule has 0 bridgehead atoms. The third-order valence-electron chi connectivity index (χ3n) is 6.52. The SMILES string of the molecule is COCC#CC1(COc2ccc3c(CCC4CCN(C(=O)O)CC4)noc3c2C)CC1. The number of nitrogens with zero attached hydrogens (tertiary/aromatic N) is 2. The van der Waals surface area contributed by atoms with Crippen LogP contribution in [0.2, 0.25) is 0 Å². The Morgan fingerprint density at radius 3 is 2.81 bits per heavy atom. The lowest BCUT2D eigenvalue weighted by atomic mass is 9.91. The maximum atomic E-state index is 11.1. The number of ether oxygens (including phenoxy) is 2. The van der Waals surface area contributed by atoms with Gasteiger partial charge in [0.1, 0.15) is 19.0 Å². The van der Waals surface area contributed by atoms with Crippen LogP contribution >= 0.6 is 0 Å². The van der Waals surface area contributed by atoms with Gasteiger partial charge >= 0.3 is 6.09 Å². The van der Waals surface area contributed by atoms with Gasteiger partial charge in [0.05, 0.1) is 11.1 Å². The number of hydrogen-bond acceptors (Lipinski definition) is 5. The fourth-order valence-corrected chi connectivity index (χ4v) is 4.23. The van der Waals surface area contributed by atoms with Crippen molar-refractivity contribution in [3.8, 4) is 17.6 Å². The zero-order chi connectivity index (χ0) is 21.8. The minimum absolute atomic E-state index is 0.0390. The Morgan fingerprint density at radius 1 is 1.35 bits per heavy atom. The van der Waals surface area contributed by atoms with Crippen LogP contribution in [0.15, 0.2) is 16.7 Å². The van der Waals surface area contributed by atoms with Gasteiger partial charge in [-0.2, -0.15) is 0 Å². The maximum absolute atomic E-state index is 11.1. The van der Waals surface area contributed by atoms with E-state index in [1.165, 1.54) is 4.90 Å². The molecule has 0 atom stereocenters. The molecule has 2 heterocycles. The van der Waals surface area contributed by atoms with Gasteiger partial charge in [-0.15, -0.1) is 0 Å². The van der Waals surface area contributed by atoms with Crippen molar-refractivity contribution in [3.05, 3.63) is 23.4 Å². The summed E-state index contributed by atoms with van der Waals surface area (Å²) in [6.07, 6.45) is 4.95. The molecule has 7 heteroatoms. The molecule has 1 aliphatic heterocycles. The van der Waals surface area contributed by atoms with Gasteiger partial charge in [-0.25, -0.2) is 4.79 Å². The highest BCUT2D eigenvalue weighted by Gasteiger charge is 2.42. The van der Waals surface area contributed by atoms with Crippen molar-refractivity contribution in [3.63, 3.8) is 0 Å². The molecule has 2 aromatic rings. The van der Waals surface area contributed by atoms with Crippen molar-refractivity contribution in [2.45, 2.75) is 45.4 Å². The summed E-state index contributed by atoms with van der Waals surface area (Å²) in [6, 6.07) is 4.04. The largest absolute Gasteiger partial charge is 0.492 e. The van der Waals surface area contributed by atoms with E-state index in [9.17, 15) is 4.79 Å². The standard InChI is InChI=1S/C24H30N2O5/c1-17-21(30-16-24(11-12-24)10-3-15-29-2)7-5-19-20(25-31-22(17)19)6-4-18-8-13-26(14-9-18)23(27)28/h5,7,18H,4,6,8-9,11-16H2,1-2H3,(H,27,28). The fourth-order valence-electron chi connectivity index (χ4n) is 4.23. The summed E-state index contributed by atoms with van der Waals surface area (Å²) in [7, 11) is 1.65. The summed E-state index contributed by atoms with van der Waals surface area (Å²) < 4.78 is 16.8. The fraction of sp³-hybridized carbons (Fsp3) is 0.583. The Bertz CT molecular complexity index is 991. The van der Waals surface area contributed by atoms with Gasteiger partial charge in [0.15, 0.2) is 5.58 Å². The van der Waals surface area contributed by atoms with Crippen LogP contribution in [0.5, 0.6) is 5.75 Å². The summed E-state index contributed by atoms with van der Waals surface area (Å²) in [6.45, 7) is 4.27. The Kier molecular flexibility index (Phi) is 6.38. The minimum Gasteiger partial charge on any atom is -0.492 e. The molecule has 1 N–H and O–H groups in total. The molecule has 0 unspecified atom stereocenters. The highest BCUT2D eigenvalue weighted by atomic mass is 16.5. The first kappa shape index (κ1) is 21.5. The molecule has 1 aromatic carbocycles. The van der Waals surface area contributed by atoms with Crippen LogP contribution in [0.1, 0.15) is 43.4 Å². The van der Waals surface area contributed by atoms with Gasteiger partial charge in [0.25, 0.3) is 0 Å². The zero-order valence-electron chi connectivity index (χ0n) is 18.3. The van der Waals surface area contributed by atoms with E-state index in [0.29, 0.717) is 32.2 Å². The predicted molar refractivity (Wildman–Crippen MR) is 116 cm³/mol. The van der Waals surface area contributed by atoms with Crippen molar-refractivity contribution >= 4 is 17.1 Å². The lowest BCUT2D eigenvalue weighted by molar-refractivity contribution is 0.123. The lowest BCUT2D eigenvalue weighted by Gasteiger charge is -2.29. The highest BCUT2D eigenvalue weighted by Crippen LogP contribution is 2.45. The molecular formula is C24H30N2O5. The van der Waals surface area contributed by atoms with Crippen LogP contribution in [0.4, 0.5) is 4.79 Å². The molecule has 1 amide bonds. The Hall–Kier alpha value is -2.72. The molecule has 31 heavy (non-hydrogen) atoms. The molecule has 7 nitrogen and oxygen atoms in total. The van der Waals surface area contributed by atoms with E-state index in [1.54, 1.807) is 7.11 Å². The normalized spacial score (nSPS) is 17.9. The van der Waals surface area contributed by atoms with E-state index in [0.717, 1.165) is 66.5 Å². The van der Waals surface area contributed by atoms with Gasteiger partial charge < -0.3 is 24.0 Å². The first-order chi connectivity index (χ1) is 15.0. The second kappa shape index (κ2) is 9.19. The first-order valence-electron chi connectivity index (χ1n) is 11.0. The molecule has 1 aromatic heterocycles. The molecule has 166 valence electrons. The van der Waals surface area contributed by atoms with Gasteiger partial charge in [-0.05, 0) is 63.5 Å². The second-order valence-electron chi connectivity index (χ2n) is 8.75. The molecule has 1 saturated heterocycles. The average molecular weight is 427 g/mol. The third kappa shape index (κ3) is 4.96. The Balaban J connectivity index is 1.36. The van der Waals surface area contributed by atoms with Crippen LogP contribution in [0.3, 0.4) is 0 Å². The van der Waals surface area contributed by atoms with Crippen molar-refractivity contribution in [2.75, 3.05) is 33.4 Å². The second-order valence-corrected chi connectivity index (χ2v) is 8.75. The third-order valence-corrected chi connectivity index (χ3v) is 6.52. The van der Waals surface area contributed by atoms with Crippen LogP contribution < -0.4 is 4.74 Å². The number of fused-ring (bicyclic) bond motifs is 1. The Labute approximate surface area is 182 Å². The number of likely N-dealkylation sites (tertiary alicyclic amines) is 1. The van der Waals surface area contributed by atoms with E-state index in [2.05, 4.69) is 17.0 Å². The topological polar surface area (TPSA) is 85.0 Å². The van der Waals surface area contributed by atoms with Crippen molar-refractivity contribution < 1.29 is 23.9 Å². The molecule has 4 rings (SSSR count). The van der Waals surface area contributed by atoms with Gasteiger partial charge in [-0.1, -0.05) is 17.0 Å². The lowest BCUT2D eigenvalue weighted by Crippen LogP contribution is -2.37. The molecule has 0 radical (unpaired) electrons. The van der Waals surface area contributed by atoms with Crippen molar-refractivity contribution in [1.82, 2.24) is 10.1 Å². The van der Waals surface area contributed by atoms with Crippen molar-refractivity contribution in [1.29, 1.82) is 0 Å². The number of piperidine rings is 1. The smallest absolute Gasteiger partial charge is 0.407 e. The van der Waals surface area contributed by atoms with Crippen LogP contribution in [-0.4, -0.2) is 54.7 Å². The summed E-state index contributed by atoms with van der Waals surface area (Å²) in [4.78, 5) is 12.6. The van der Waals surface area contributed by atoms with Crippen LogP contribution in [-0.2, 0) is 11.2 Å². The summed E-state index contributed by atoms with van der Waals surface area (Å²) in [5.41, 5.74) is 2.67. The maximum Gasteiger partial charge on any atom is 0.407 e. The zero-order valence-corrected chi connectivity index (χ0v) is 18.3. The number of amides is 1. The number of hydrogen-bond donors (Lipinski definition) is 1. The quantitative estimate of drug-likeness (QED) is 0.666. The molecule has 2 aliphatic rings. The van der Waals surface area contributed by atoms with Gasteiger partial charge in [0, 0.05) is 31.1 Å². The average Bonchev–Trinajstić information content (AvgIpc) is 3.42. The molecular weight excluding hydrogens is 396 g/mol. The number of aromatic nitrogens is 1. The molecule has 1 saturated carbocycles. The number of carboxylic acid groups (broad SMARTS) is 1. The van der Waals surface area contributed by atoms with Crippen molar-refractivity contribution in [2.24, 2.45) is 11.3 Å². The number of aryl methyl sites for hydroxylation is 2. The summed E-state index contributed by atoms with van der Waals surface area (Å²) in [5, 5.41) is 14.4. The predicted octanol–water partition coefficient (Wildman–Crippen LogP) is 4.27. The molecule has 2 fully saturated rings. The number of methoxy groups -OCH3 is 1. The van der Waals surface area contributed by atoms with E-state index in [4.69, 9.17) is 19.1 Å². The number of carbonyl (C=O) groups is 1. The van der Waals surface area contributed by atoms with E-state index in [-0.39, 0.29) is 5.41 Å². The number of benzene rings is 1. The molecule has 0 spiro atoms. The number of rotatable bonds is 7. The highest BCUT2D eigenvalue weighted by molar-refractivity contribution is 5.84. The minimum atomic E-state index is -0.816. The van der Waals surface area contributed by atoms with E-state index < -0.39 is 6.09 Å². The van der Waals surface area contributed by atoms with Crippen LogP contribution in [0.25, 0.3) is 11.0 Å². The summed E-state index contributed by atoms with van der Waals surface area (Å²) >= 11 is 0. The molecule has 1 aliphatic carbocycles. The summed E-state index contributed by atoms with van der Waals surface area (Å²) in [5.74, 6) is 7.69. The van der Waals surface area contributed by atoms with E-state index in [1.807, 2.05) is 19.1 Å². The van der Waals surface area contributed by atoms with Gasteiger partial charge in [-0.3, -0.25) is 0 Å². The monoisotopic (exact) mass is 426 g/mol.